The summed E-state index contributed by atoms with van der Waals surface area (Å²) in [5.41, 5.74) is 5.45. The first kappa shape index (κ1) is 13.3. The number of benzene rings is 1. The Morgan fingerprint density at radius 2 is 2.15 bits per heavy atom. The number of pyridine rings is 1. The second-order valence-electron chi connectivity index (χ2n) is 3.69. The van der Waals surface area contributed by atoms with Crippen LogP contribution in [0.25, 0.3) is 0 Å². The number of para-hydroxylation sites is 2. The molecule has 2 rings (SSSR count). The highest BCUT2D eigenvalue weighted by atomic mass is 16.6. The lowest BCUT2D eigenvalue weighted by molar-refractivity contribution is -0.385. The van der Waals surface area contributed by atoms with Crippen LogP contribution in [0.3, 0.4) is 0 Å². The predicted molar refractivity (Wildman–Crippen MR) is 69.9 cm³/mol. The van der Waals surface area contributed by atoms with Crippen molar-refractivity contribution in [1.29, 1.82) is 0 Å². The minimum absolute atomic E-state index is 0.0918. The number of nitro benzene ring substituents is 1. The van der Waals surface area contributed by atoms with Gasteiger partial charge in [0.1, 0.15) is 11.4 Å². The topological polar surface area (TPSA) is 124 Å². The number of amidine groups is 1. The molecular weight excluding hydrogens is 264 g/mol. The van der Waals surface area contributed by atoms with Gasteiger partial charge in [-0.1, -0.05) is 17.3 Å². The molecule has 0 saturated heterocycles. The molecule has 0 fully saturated rings. The van der Waals surface area contributed by atoms with Gasteiger partial charge in [-0.3, -0.25) is 15.1 Å². The SMILES string of the molecule is NC(=NO)c1cc(Oc2ccccc2[N+](=O)[O-])ccn1. The number of ether oxygens (including phenoxy) is 1. The lowest BCUT2D eigenvalue weighted by Gasteiger charge is -2.06. The Morgan fingerprint density at radius 1 is 1.40 bits per heavy atom. The van der Waals surface area contributed by atoms with Gasteiger partial charge in [-0.2, -0.15) is 0 Å². The molecule has 0 unspecified atom stereocenters. The molecule has 0 spiro atoms. The van der Waals surface area contributed by atoms with Gasteiger partial charge in [0.25, 0.3) is 0 Å². The van der Waals surface area contributed by atoms with Crippen LogP contribution >= 0.6 is 0 Å². The second kappa shape index (κ2) is 5.65. The number of hydrogen-bond acceptors (Lipinski definition) is 6. The van der Waals surface area contributed by atoms with Gasteiger partial charge < -0.3 is 15.7 Å². The number of nitrogens with two attached hydrogens (primary N) is 1. The summed E-state index contributed by atoms with van der Waals surface area (Å²) in [6.07, 6.45) is 1.39. The zero-order chi connectivity index (χ0) is 14.5. The van der Waals surface area contributed by atoms with Crippen molar-refractivity contribution < 1.29 is 14.9 Å². The average molecular weight is 274 g/mol. The monoisotopic (exact) mass is 274 g/mol. The van der Waals surface area contributed by atoms with Gasteiger partial charge in [0.05, 0.1) is 4.92 Å². The number of aromatic nitrogens is 1. The number of nitrogens with zero attached hydrogens (tertiary/aromatic N) is 3. The Labute approximate surface area is 113 Å². The molecule has 1 heterocycles. The molecule has 0 amide bonds. The van der Waals surface area contributed by atoms with Crippen molar-refractivity contribution in [2.45, 2.75) is 0 Å². The van der Waals surface area contributed by atoms with E-state index in [0.29, 0.717) is 0 Å². The highest BCUT2D eigenvalue weighted by Gasteiger charge is 2.14. The molecule has 0 atom stereocenters. The van der Waals surface area contributed by atoms with E-state index in [2.05, 4.69) is 10.1 Å². The van der Waals surface area contributed by atoms with Gasteiger partial charge in [0.2, 0.25) is 5.75 Å². The number of nitro groups is 1. The third kappa shape index (κ3) is 2.80. The van der Waals surface area contributed by atoms with Gasteiger partial charge in [-0.05, 0) is 12.1 Å². The van der Waals surface area contributed by atoms with E-state index in [4.69, 9.17) is 15.7 Å². The standard InChI is InChI=1S/C12H10N4O4/c13-12(15-17)9-7-8(5-6-14-9)20-11-4-2-1-3-10(11)16(18)19/h1-7,17H,(H2,13,15). The Hall–Kier alpha value is -3.16. The first-order valence-electron chi connectivity index (χ1n) is 5.47. The first-order valence-corrected chi connectivity index (χ1v) is 5.47. The zero-order valence-corrected chi connectivity index (χ0v) is 10.1. The molecule has 8 heteroatoms. The van der Waals surface area contributed by atoms with E-state index in [1.807, 2.05) is 0 Å². The Bertz CT molecular complexity index is 672. The van der Waals surface area contributed by atoms with Gasteiger partial charge in [-0.15, -0.1) is 0 Å². The van der Waals surface area contributed by atoms with Crippen molar-refractivity contribution in [1.82, 2.24) is 4.98 Å². The quantitative estimate of drug-likeness (QED) is 0.288. The summed E-state index contributed by atoms with van der Waals surface area (Å²) in [6, 6.07) is 8.88. The summed E-state index contributed by atoms with van der Waals surface area (Å²) in [5.74, 6) is 0.197. The number of hydrogen-bond donors (Lipinski definition) is 2. The Balaban J connectivity index is 2.34. The fraction of sp³-hybridized carbons (Fsp3) is 0. The molecular formula is C12H10N4O4. The molecule has 20 heavy (non-hydrogen) atoms. The van der Waals surface area contributed by atoms with Crippen LogP contribution in [0.5, 0.6) is 11.5 Å². The summed E-state index contributed by atoms with van der Waals surface area (Å²) in [4.78, 5) is 14.2. The maximum absolute atomic E-state index is 10.9. The van der Waals surface area contributed by atoms with Crippen molar-refractivity contribution in [3.63, 3.8) is 0 Å². The van der Waals surface area contributed by atoms with Crippen LogP contribution in [0, 0.1) is 10.1 Å². The Kier molecular flexibility index (Phi) is 3.75. The van der Waals surface area contributed by atoms with Gasteiger partial charge >= 0.3 is 5.69 Å². The maximum Gasteiger partial charge on any atom is 0.311 e. The summed E-state index contributed by atoms with van der Waals surface area (Å²) in [7, 11) is 0. The van der Waals surface area contributed by atoms with E-state index in [0.717, 1.165) is 0 Å². The molecule has 0 aliphatic heterocycles. The fourth-order valence-corrected chi connectivity index (χ4v) is 1.49. The minimum Gasteiger partial charge on any atom is -0.450 e. The van der Waals surface area contributed by atoms with Crippen LogP contribution in [-0.2, 0) is 0 Å². The maximum atomic E-state index is 10.9. The largest absolute Gasteiger partial charge is 0.450 e. The summed E-state index contributed by atoms with van der Waals surface area (Å²) in [6.45, 7) is 0. The molecule has 3 N–H and O–H groups in total. The van der Waals surface area contributed by atoms with Gasteiger partial charge in [0.15, 0.2) is 5.84 Å². The van der Waals surface area contributed by atoms with E-state index in [1.165, 1.54) is 30.5 Å². The van der Waals surface area contributed by atoms with E-state index >= 15 is 0 Å². The smallest absolute Gasteiger partial charge is 0.311 e. The molecule has 102 valence electrons. The molecule has 1 aromatic heterocycles. The van der Waals surface area contributed by atoms with Gasteiger partial charge in [-0.25, -0.2) is 0 Å². The molecule has 0 radical (unpaired) electrons. The molecule has 0 aliphatic rings. The fourth-order valence-electron chi connectivity index (χ4n) is 1.49. The lowest BCUT2D eigenvalue weighted by atomic mass is 10.3. The van der Waals surface area contributed by atoms with Crippen molar-refractivity contribution in [2.75, 3.05) is 0 Å². The third-order valence-corrected chi connectivity index (χ3v) is 2.39. The van der Waals surface area contributed by atoms with Gasteiger partial charge in [0, 0.05) is 18.3 Å². The minimum atomic E-state index is -0.541. The normalized spacial score (nSPS) is 11.1. The van der Waals surface area contributed by atoms with E-state index in [9.17, 15) is 10.1 Å². The zero-order valence-electron chi connectivity index (χ0n) is 10.1. The highest BCUT2D eigenvalue weighted by Crippen LogP contribution is 2.30. The van der Waals surface area contributed by atoms with Crippen LogP contribution < -0.4 is 10.5 Å². The Morgan fingerprint density at radius 3 is 2.85 bits per heavy atom. The summed E-state index contributed by atoms with van der Waals surface area (Å²) < 4.78 is 5.43. The molecule has 1 aromatic carbocycles. The molecule has 0 saturated carbocycles. The number of oxime groups is 1. The third-order valence-electron chi connectivity index (χ3n) is 2.39. The van der Waals surface area contributed by atoms with Crippen LogP contribution in [0.2, 0.25) is 0 Å². The summed E-state index contributed by atoms with van der Waals surface area (Å²) in [5, 5.41) is 22.3. The molecule has 2 aromatic rings. The molecule has 8 nitrogen and oxygen atoms in total. The lowest BCUT2D eigenvalue weighted by Crippen LogP contribution is -2.14. The van der Waals surface area contributed by atoms with Crippen molar-refractivity contribution in [3.8, 4) is 11.5 Å². The first-order chi connectivity index (χ1) is 9.61. The van der Waals surface area contributed by atoms with Crippen molar-refractivity contribution in [2.24, 2.45) is 10.9 Å². The second-order valence-corrected chi connectivity index (χ2v) is 3.69. The number of rotatable bonds is 4. The van der Waals surface area contributed by atoms with E-state index in [1.54, 1.807) is 12.1 Å². The summed E-state index contributed by atoms with van der Waals surface area (Å²) >= 11 is 0. The van der Waals surface area contributed by atoms with Crippen LogP contribution in [-0.4, -0.2) is 21.0 Å². The van der Waals surface area contributed by atoms with E-state index < -0.39 is 4.92 Å². The van der Waals surface area contributed by atoms with Crippen molar-refractivity contribution >= 4 is 11.5 Å². The average Bonchev–Trinajstić information content (AvgIpc) is 2.47. The predicted octanol–water partition coefficient (Wildman–Crippen LogP) is 1.88. The highest BCUT2D eigenvalue weighted by molar-refractivity contribution is 5.95. The van der Waals surface area contributed by atoms with Crippen LogP contribution in [0.1, 0.15) is 5.69 Å². The van der Waals surface area contributed by atoms with Crippen LogP contribution in [0.15, 0.2) is 47.8 Å². The van der Waals surface area contributed by atoms with Crippen molar-refractivity contribution in [3.05, 3.63) is 58.4 Å². The molecule has 0 bridgehead atoms. The van der Waals surface area contributed by atoms with E-state index in [-0.39, 0.29) is 28.7 Å². The van der Waals surface area contributed by atoms with Crippen LogP contribution in [0.4, 0.5) is 5.69 Å². The molecule has 0 aliphatic carbocycles.